The van der Waals surface area contributed by atoms with E-state index in [1.54, 1.807) is 6.92 Å². The van der Waals surface area contributed by atoms with E-state index in [4.69, 9.17) is 5.11 Å². The number of hydrogen-bond acceptors (Lipinski definition) is 5. The van der Waals surface area contributed by atoms with Crippen molar-refractivity contribution >= 4 is 17.4 Å². The normalized spacial score (nSPS) is 11.0. The Morgan fingerprint density at radius 3 is 2.53 bits per heavy atom. The maximum atomic E-state index is 10.4. The number of nitrogens with zero attached hydrogens (tertiary/aromatic N) is 2. The minimum Gasteiger partial charge on any atom is -0.479 e. The molecule has 0 aliphatic heterocycles. The Morgan fingerprint density at radius 2 is 2.06 bits per heavy atom. The van der Waals surface area contributed by atoms with Crippen LogP contribution in [0.25, 0.3) is 0 Å². The van der Waals surface area contributed by atoms with Crippen LogP contribution in [0.15, 0.2) is 29.4 Å². The first-order valence-corrected chi connectivity index (χ1v) is 4.64. The van der Waals surface area contributed by atoms with Crippen LogP contribution in [0, 0.1) is 10.1 Å². The third kappa shape index (κ3) is 3.90. The van der Waals surface area contributed by atoms with Gasteiger partial charge < -0.3 is 9.94 Å². The number of oxime groups is 1. The lowest BCUT2D eigenvalue weighted by molar-refractivity contribution is -0.384. The van der Waals surface area contributed by atoms with Crippen molar-refractivity contribution in [3.63, 3.8) is 0 Å². The van der Waals surface area contributed by atoms with Gasteiger partial charge in [0.05, 0.1) is 10.6 Å². The first kappa shape index (κ1) is 12.6. The number of carbonyl (C=O) groups is 1. The largest absolute Gasteiger partial charge is 0.479 e. The Bertz CT molecular complexity index is 452. The smallest absolute Gasteiger partial charge is 0.344 e. The fourth-order valence-corrected chi connectivity index (χ4v) is 1.06. The van der Waals surface area contributed by atoms with Crippen LogP contribution in [-0.2, 0) is 9.63 Å². The Labute approximate surface area is 96.5 Å². The molecule has 0 spiro atoms. The Kier molecular flexibility index (Phi) is 4.15. The van der Waals surface area contributed by atoms with E-state index in [-0.39, 0.29) is 5.69 Å². The molecular formula is C10H10N2O5. The third-order valence-electron chi connectivity index (χ3n) is 1.89. The van der Waals surface area contributed by atoms with E-state index in [0.29, 0.717) is 11.3 Å². The predicted octanol–water partition coefficient (Wildman–Crippen LogP) is 1.42. The average Bonchev–Trinajstić information content (AvgIpc) is 2.28. The van der Waals surface area contributed by atoms with Gasteiger partial charge >= 0.3 is 5.97 Å². The summed E-state index contributed by atoms with van der Waals surface area (Å²) in [5.74, 6) is -1.12. The minimum atomic E-state index is -1.12. The molecular weight excluding hydrogens is 228 g/mol. The van der Waals surface area contributed by atoms with Gasteiger partial charge in [-0.15, -0.1) is 0 Å². The van der Waals surface area contributed by atoms with Crippen molar-refractivity contribution < 1.29 is 19.7 Å². The molecule has 1 aromatic rings. The topological polar surface area (TPSA) is 102 Å². The second-order valence-corrected chi connectivity index (χ2v) is 3.15. The first-order valence-electron chi connectivity index (χ1n) is 4.64. The van der Waals surface area contributed by atoms with Gasteiger partial charge in [0.25, 0.3) is 5.69 Å². The number of nitro groups is 1. The van der Waals surface area contributed by atoms with E-state index >= 15 is 0 Å². The summed E-state index contributed by atoms with van der Waals surface area (Å²) in [7, 11) is 0. The van der Waals surface area contributed by atoms with Crippen LogP contribution in [0.5, 0.6) is 0 Å². The summed E-state index contributed by atoms with van der Waals surface area (Å²) in [5, 5.41) is 22.3. The van der Waals surface area contributed by atoms with Crippen LogP contribution < -0.4 is 0 Å². The van der Waals surface area contributed by atoms with Crippen molar-refractivity contribution in [2.45, 2.75) is 6.92 Å². The van der Waals surface area contributed by atoms with Gasteiger partial charge in [-0.3, -0.25) is 10.1 Å². The molecule has 0 atom stereocenters. The summed E-state index contributed by atoms with van der Waals surface area (Å²) >= 11 is 0. The van der Waals surface area contributed by atoms with E-state index in [0.717, 1.165) is 0 Å². The molecule has 0 saturated heterocycles. The van der Waals surface area contributed by atoms with Crippen molar-refractivity contribution in [3.8, 4) is 0 Å². The number of hydrogen-bond donors (Lipinski definition) is 1. The zero-order valence-corrected chi connectivity index (χ0v) is 8.99. The molecule has 7 heteroatoms. The van der Waals surface area contributed by atoms with Crippen LogP contribution in [0.3, 0.4) is 0 Å². The van der Waals surface area contributed by atoms with Gasteiger partial charge in [0.1, 0.15) is 0 Å². The Morgan fingerprint density at radius 1 is 1.47 bits per heavy atom. The molecule has 0 aliphatic rings. The van der Waals surface area contributed by atoms with Crippen molar-refractivity contribution in [1.82, 2.24) is 0 Å². The minimum absolute atomic E-state index is 0.0204. The average molecular weight is 238 g/mol. The summed E-state index contributed by atoms with van der Waals surface area (Å²) in [6, 6.07) is 5.71. The summed E-state index contributed by atoms with van der Waals surface area (Å²) < 4.78 is 0. The molecule has 90 valence electrons. The molecule has 7 nitrogen and oxygen atoms in total. The van der Waals surface area contributed by atoms with Crippen LogP contribution in [-0.4, -0.2) is 28.3 Å². The lowest BCUT2D eigenvalue weighted by Crippen LogP contribution is -2.05. The van der Waals surface area contributed by atoms with Crippen LogP contribution >= 0.6 is 0 Å². The van der Waals surface area contributed by atoms with Crippen LogP contribution in [0.4, 0.5) is 5.69 Å². The van der Waals surface area contributed by atoms with E-state index < -0.39 is 17.5 Å². The number of carboxylic acids is 1. The number of nitro benzene ring substituents is 1. The Hall–Kier alpha value is -2.44. The molecule has 0 amide bonds. The lowest BCUT2D eigenvalue weighted by Gasteiger charge is -2.00. The van der Waals surface area contributed by atoms with Crippen molar-refractivity contribution in [2.75, 3.05) is 6.61 Å². The fraction of sp³-hybridized carbons (Fsp3) is 0.200. The molecule has 0 aromatic heterocycles. The first-order chi connectivity index (χ1) is 8.00. The lowest BCUT2D eigenvalue weighted by atomic mass is 10.1. The molecule has 0 saturated carbocycles. The van der Waals surface area contributed by atoms with E-state index in [1.165, 1.54) is 24.3 Å². The zero-order valence-electron chi connectivity index (χ0n) is 8.99. The fourth-order valence-electron chi connectivity index (χ4n) is 1.06. The van der Waals surface area contributed by atoms with Gasteiger partial charge in [-0.05, 0) is 24.6 Å². The number of benzene rings is 1. The molecule has 1 N–H and O–H groups in total. The van der Waals surface area contributed by atoms with Gasteiger partial charge in [0.2, 0.25) is 6.61 Å². The highest BCUT2D eigenvalue weighted by Gasteiger charge is 2.05. The number of rotatable bonds is 5. The SMILES string of the molecule is C/C(=N\OCC(=O)O)c1ccc([N+](=O)[O-])cc1. The second-order valence-electron chi connectivity index (χ2n) is 3.15. The van der Waals surface area contributed by atoms with Gasteiger partial charge in [0, 0.05) is 12.1 Å². The highest BCUT2D eigenvalue weighted by molar-refractivity contribution is 5.98. The molecule has 0 aliphatic carbocycles. The molecule has 1 rings (SSSR count). The van der Waals surface area contributed by atoms with E-state index in [1.807, 2.05) is 0 Å². The van der Waals surface area contributed by atoms with Crippen molar-refractivity contribution in [1.29, 1.82) is 0 Å². The monoisotopic (exact) mass is 238 g/mol. The van der Waals surface area contributed by atoms with E-state index in [9.17, 15) is 14.9 Å². The zero-order chi connectivity index (χ0) is 12.8. The predicted molar refractivity (Wildman–Crippen MR) is 58.9 cm³/mol. The van der Waals surface area contributed by atoms with Gasteiger partial charge in [-0.2, -0.15) is 0 Å². The third-order valence-corrected chi connectivity index (χ3v) is 1.89. The Balaban J connectivity index is 2.72. The molecule has 0 fully saturated rings. The second kappa shape index (κ2) is 5.59. The van der Waals surface area contributed by atoms with E-state index in [2.05, 4.69) is 9.99 Å². The maximum absolute atomic E-state index is 10.4. The highest BCUT2D eigenvalue weighted by atomic mass is 16.6. The summed E-state index contributed by atoms with van der Waals surface area (Å²) in [4.78, 5) is 24.6. The number of aliphatic carboxylic acids is 1. The molecule has 0 bridgehead atoms. The van der Waals surface area contributed by atoms with Gasteiger partial charge in [-0.1, -0.05) is 5.16 Å². The van der Waals surface area contributed by atoms with Crippen LogP contribution in [0.1, 0.15) is 12.5 Å². The van der Waals surface area contributed by atoms with Crippen LogP contribution in [0.2, 0.25) is 0 Å². The molecule has 17 heavy (non-hydrogen) atoms. The highest BCUT2D eigenvalue weighted by Crippen LogP contribution is 2.12. The summed E-state index contributed by atoms with van der Waals surface area (Å²) in [5.41, 5.74) is 1.05. The summed E-state index contributed by atoms with van der Waals surface area (Å²) in [6.07, 6.45) is 0. The van der Waals surface area contributed by atoms with Gasteiger partial charge in [-0.25, -0.2) is 4.79 Å². The van der Waals surface area contributed by atoms with Crippen molar-refractivity contribution in [2.24, 2.45) is 5.16 Å². The molecule has 0 heterocycles. The standard InChI is InChI=1S/C10H10N2O5/c1-7(11-17-6-10(13)14)8-2-4-9(5-3-8)12(15)16/h2-5H,6H2,1H3,(H,13,14)/b11-7+. The van der Waals surface area contributed by atoms with Gasteiger partial charge in [0.15, 0.2) is 0 Å². The number of non-ortho nitro benzene ring substituents is 1. The maximum Gasteiger partial charge on any atom is 0.344 e. The molecule has 0 radical (unpaired) electrons. The quantitative estimate of drug-likeness (QED) is 0.474. The number of carboxylic acid groups (broad SMARTS) is 1. The molecule has 0 unspecified atom stereocenters. The molecule has 1 aromatic carbocycles. The summed E-state index contributed by atoms with van der Waals surface area (Å²) in [6.45, 7) is 1.09. The van der Waals surface area contributed by atoms with Crippen molar-refractivity contribution in [3.05, 3.63) is 39.9 Å².